The van der Waals surface area contributed by atoms with E-state index in [1.165, 1.54) is 6.42 Å². The maximum atomic E-state index is 5.32. The standard InChI is InChI=1S/C6H13NO.ClH/c1-6(2)8-7-4-3-5-7;/h6H,3-5H2,1-2H3;1H. The molecule has 1 fully saturated rings. The van der Waals surface area contributed by atoms with Crippen molar-refractivity contribution in [1.29, 1.82) is 0 Å². The molecular weight excluding hydrogens is 138 g/mol. The monoisotopic (exact) mass is 151 g/mol. The van der Waals surface area contributed by atoms with E-state index in [9.17, 15) is 0 Å². The second kappa shape index (κ2) is 4.09. The average Bonchev–Trinajstić information content (AvgIpc) is 1.55. The van der Waals surface area contributed by atoms with Crippen molar-refractivity contribution in [3.8, 4) is 0 Å². The first-order chi connectivity index (χ1) is 3.79. The van der Waals surface area contributed by atoms with Crippen LogP contribution in [0.25, 0.3) is 0 Å². The Morgan fingerprint density at radius 2 is 1.89 bits per heavy atom. The Hall–Kier alpha value is 0.210. The number of hydrogen-bond acceptors (Lipinski definition) is 2. The Morgan fingerprint density at radius 3 is 2.00 bits per heavy atom. The molecule has 0 aromatic carbocycles. The summed E-state index contributed by atoms with van der Waals surface area (Å²) in [5.41, 5.74) is 0. The molecule has 0 radical (unpaired) electrons. The fraction of sp³-hybridized carbons (Fsp3) is 1.00. The molecule has 9 heavy (non-hydrogen) atoms. The normalized spacial score (nSPS) is 19.0. The Morgan fingerprint density at radius 1 is 1.33 bits per heavy atom. The minimum absolute atomic E-state index is 0. The summed E-state index contributed by atoms with van der Waals surface area (Å²) in [6.07, 6.45) is 1.66. The fourth-order valence-electron chi connectivity index (χ4n) is 0.691. The highest BCUT2D eigenvalue weighted by Gasteiger charge is 2.14. The lowest BCUT2D eigenvalue weighted by atomic mass is 10.3. The zero-order valence-corrected chi connectivity index (χ0v) is 6.78. The van der Waals surface area contributed by atoms with Gasteiger partial charge in [0.1, 0.15) is 0 Å². The lowest BCUT2D eigenvalue weighted by Crippen LogP contribution is -2.38. The van der Waals surface area contributed by atoms with Crippen LogP contribution in [0.1, 0.15) is 20.3 Å². The number of nitrogens with zero attached hydrogens (tertiary/aromatic N) is 1. The summed E-state index contributed by atoms with van der Waals surface area (Å²) in [6, 6.07) is 0. The van der Waals surface area contributed by atoms with Crippen molar-refractivity contribution in [1.82, 2.24) is 5.06 Å². The summed E-state index contributed by atoms with van der Waals surface area (Å²) in [5, 5.41) is 2.00. The van der Waals surface area contributed by atoms with Gasteiger partial charge in [0.25, 0.3) is 0 Å². The Balaban J connectivity index is 0.000000640. The zero-order chi connectivity index (χ0) is 5.98. The van der Waals surface area contributed by atoms with Gasteiger partial charge in [0, 0.05) is 13.1 Å². The van der Waals surface area contributed by atoms with Crippen LogP contribution in [-0.2, 0) is 4.84 Å². The first-order valence-electron chi connectivity index (χ1n) is 3.21. The lowest BCUT2D eigenvalue weighted by Gasteiger charge is -2.31. The van der Waals surface area contributed by atoms with Gasteiger partial charge in [-0.1, -0.05) is 0 Å². The van der Waals surface area contributed by atoms with Crippen LogP contribution in [0.3, 0.4) is 0 Å². The molecule has 0 bridgehead atoms. The van der Waals surface area contributed by atoms with Crippen molar-refractivity contribution < 1.29 is 4.84 Å². The highest BCUT2D eigenvalue weighted by atomic mass is 35.5. The zero-order valence-electron chi connectivity index (χ0n) is 5.96. The van der Waals surface area contributed by atoms with Gasteiger partial charge in [-0.15, -0.1) is 12.4 Å². The molecule has 0 unspecified atom stereocenters. The summed E-state index contributed by atoms with van der Waals surface area (Å²) >= 11 is 0. The van der Waals surface area contributed by atoms with Crippen LogP contribution in [0.4, 0.5) is 0 Å². The molecule has 0 aliphatic carbocycles. The second-order valence-electron chi connectivity index (χ2n) is 2.44. The van der Waals surface area contributed by atoms with E-state index in [2.05, 4.69) is 13.8 Å². The molecule has 1 saturated heterocycles. The molecule has 1 aliphatic heterocycles. The smallest absolute Gasteiger partial charge is 0.0737 e. The molecule has 0 amide bonds. The summed E-state index contributed by atoms with van der Waals surface area (Å²) in [4.78, 5) is 5.32. The van der Waals surface area contributed by atoms with Crippen molar-refractivity contribution in [2.45, 2.75) is 26.4 Å². The highest BCUT2D eigenvalue weighted by Crippen LogP contribution is 2.07. The molecule has 0 atom stereocenters. The van der Waals surface area contributed by atoms with E-state index in [0.29, 0.717) is 6.10 Å². The van der Waals surface area contributed by atoms with Gasteiger partial charge in [-0.05, 0) is 20.3 Å². The summed E-state index contributed by atoms with van der Waals surface area (Å²) in [5.74, 6) is 0. The van der Waals surface area contributed by atoms with Crippen LogP contribution in [0.5, 0.6) is 0 Å². The van der Waals surface area contributed by atoms with Gasteiger partial charge in [0.2, 0.25) is 0 Å². The van der Waals surface area contributed by atoms with Gasteiger partial charge in [0.05, 0.1) is 6.10 Å². The van der Waals surface area contributed by atoms with Gasteiger partial charge < -0.3 is 0 Å². The van der Waals surface area contributed by atoms with E-state index >= 15 is 0 Å². The molecule has 3 heteroatoms. The highest BCUT2D eigenvalue weighted by molar-refractivity contribution is 5.85. The molecule has 1 heterocycles. The lowest BCUT2D eigenvalue weighted by molar-refractivity contribution is -0.221. The summed E-state index contributed by atoms with van der Waals surface area (Å²) in [7, 11) is 0. The van der Waals surface area contributed by atoms with Crippen LogP contribution >= 0.6 is 12.4 Å². The quantitative estimate of drug-likeness (QED) is 0.593. The predicted molar refractivity (Wildman–Crippen MR) is 39.7 cm³/mol. The Bertz CT molecular complexity index is 73.5. The molecule has 1 aliphatic rings. The third kappa shape index (κ3) is 3.04. The van der Waals surface area contributed by atoms with Crippen LogP contribution in [0, 0.1) is 0 Å². The molecule has 56 valence electrons. The Kier molecular flexibility index (Phi) is 4.19. The number of hydrogen-bond donors (Lipinski definition) is 0. The predicted octanol–water partition coefficient (Wildman–Crippen LogP) is 1.45. The van der Waals surface area contributed by atoms with E-state index in [-0.39, 0.29) is 12.4 Å². The molecular formula is C6H14ClNO. The van der Waals surface area contributed by atoms with Gasteiger partial charge in [-0.2, -0.15) is 5.06 Å². The van der Waals surface area contributed by atoms with Crippen molar-refractivity contribution in [3.63, 3.8) is 0 Å². The maximum Gasteiger partial charge on any atom is 0.0737 e. The van der Waals surface area contributed by atoms with Gasteiger partial charge in [-0.3, -0.25) is 4.84 Å². The van der Waals surface area contributed by atoms with Crippen molar-refractivity contribution in [2.24, 2.45) is 0 Å². The van der Waals surface area contributed by atoms with Crippen LogP contribution in [0.15, 0.2) is 0 Å². The van der Waals surface area contributed by atoms with Crippen LogP contribution < -0.4 is 0 Å². The van der Waals surface area contributed by atoms with E-state index in [4.69, 9.17) is 4.84 Å². The largest absolute Gasteiger partial charge is 0.296 e. The van der Waals surface area contributed by atoms with E-state index in [0.717, 1.165) is 13.1 Å². The average molecular weight is 152 g/mol. The molecule has 0 spiro atoms. The van der Waals surface area contributed by atoms with Crippen LogP contribution in [0.2, 0.25) is 0 Å². The Labute approximate surface area is 62.5 Å². The van der Waals surface area contributed by atoms with Crippen LogP contribution in [-0.4, -0.2) is 24.3 Å². The van der Waals surface area contributed by atoms with Crippen molar-refractivity contribution in [2.75, 3.05) is 13.1 Å². The summed E-state index contributed by atoms with van der Waals surface area (Å²) in [6.45, 7) is 6.35. The van der Waals surface area contributed by atoms with Crippen molar-refractivity contribution in [3.05, 3.63) is 0 Å². The summed E-state index contributed by atoms with van der Waals surface area (Å²) < 4.78 is 0. The molecule has 0 saturated carbocycles. The van der Waals surface area contributed by atoms with E-state index < -0.39 is 0 Å². The van der Waals surface area contributed by atoms with E-state index in [1.54, 1.807) is 0 Å². The first kappa shape index (κ1) is 9.21. The van der Waals surface area contributed by atoms with Gasteiger partial charge in [0.15, 0.2) is 0 Å². The number of halogens is 1. The molecule has 0 aromatic heterocycles. The minimum atomic E-state index is 0. The molecule has 1 rings (SSSR count). The maximum absolute atomic E-state index is 5.32. The number of hydroxylamine groups is 2. The molecule has 0 aromatic rings. The molecule has 2 nitrogen and oxygen atoms in total. The van der Waals surface area contributed by atoms with Gasteiger partial charge in [-0.25, -0.2) is 0 Å². The van der Waals surface area contributed by atoms with Gasteiger partial charge >= 0.3 is 0 Å². The van der Waals surface area contributed by atoms with Crippen molar-refractivity contribution >= 4 is 12.4 Å². The SMILES string of the molecule is CC(C)ON1CCC1.Cl. The topological polar surface area (TPSA) is 12.5 Å². The second-order valence-corrected chi connectivity index (χ2v) is 2.44. The molecule has 0 N–H and O–H groups in total. The number of rotatable bonds is 2. The first-order valence-corrected chi connectivity index (χ1v) is 3.21. The fourth-order valence-corrected chi connectivity index (χ4v) is 0.691. The minimum Gasteiger partial charge on any atom is -0.296 e. The van der Waals surface area contributed by atoms with E-state index in [1.807, 2.05) is 5.06 Å². The third-order valence-corrected chi connectivity index (χ3v) is 1.17. The third-order valence-electron chi connectivity index (χ3n) is 1.17.